The molecule has 94 valence electrons. The van der Waals surface area contributed by atoms with E-state index in [0.717, 1.165) is 12.8 Å². The summed E-state index contributed by atoms with van der Waals surface area (Å²) >= 11 is 0. The lowest BCUT2D eigenvalue weighted by Crippen LogP contribution is -2.51. The number of amides is 3. The maximum atomic E-state index is 12.4. The first-order valence-electron chi connectivity index (χ1n) is 6.19. The van der Waals surface area contributed by atoms with E-state index in [2.05, 4.69) is 12.1 Å². The van der Waals surface area contributed by atoms with Gasteiger partial charge in [-0.2, -0.15) is 0 Å². The number of carbonyl (C=O) groups is 2. The van der Waals surface area contributed by atoms with Gasteiger partial charge in [-0.1, -0.05) is 24.3 Å². The van der Waals surface area contributed by atoms with Crippen molar-refractivity contribution in [3.05, 3.63) is 35.4 Å². The third-order valence-electron chi connectivity index (χ3n) is 4.33. The molecule has 0 bridgehead atoms. The third kappa shape index (κ3) is 1.26. The van der Waals surface area contributed by atoms with Crippen molar-refractivity contribution < 1.29 is 9.59 Å². The normalized spacial score (nSPS) is 27.0. The van der Waals surface area contributed by atoms with Crippen LogP contribution in [0.2, 0.25) is 0 Å². The lowest BCUT2D eigenvalue weighted by Gasteiger charge is -2.37. The second-order valence-corrected chi connectivity index (χ2v) is 5.18. The molecule has 0 aromatic heterocycles. The van der Waals surface area contributed by atoms with Gasteiger partial charge in [0.1, 0.15) is 5.54 Å². The van der Waals surface area contributed by atoms with Gasteiger partial charge in [0.15, 0.2) is 0 Å². The number of fused-ring (bicyclic) bond motifs is 1. The molecule has 1 aromatic rings. The number of nitrogens with zero attached hydrogens (tertiary/aromatic N) is 2. The van der Waals surface area contributed by atoms with E-state index in [1.54, 1.807) is 19.0 Å². The number of hydrogen-bond donors (Lipinski definition) is 0. The van der Waals surface area contributed by atoms with Crippen LogP contribution in [0.1, 0.15) is 17.5 Å². The fourth-order valence-electron chi connectivity index (χ4n) is 3.14. The lowest BCUT2D eigenvalue weighted by atomic mass is 9.77. The molecule has 4 nitrogen and oxygen atoms in total. The van der Waals surface area contributed by atoms with Crippen molar-refractivity contribution in [3.63, 3.8) is 0 Å². The third-order valence-corrected chi connectivity index (χ3v) is 4.33. The van der Waals surface area contributed by atoms with Crippen LogP contribution < -0.4 is 0 Å². The highest BCUT2D eigenvalue weighted by Crippen LogP contribution is 2.38. The predicted octanol–water partition coefficient (Wildman–Crippen LogP) is 1.44. The molecule has 0 saturated carbocycles. The van der Waals surface area contributed by atoms with Crippen LogP contribution in [0.4, 0.5) is 4.79 Å². The summed E-state index contributed by atoms with van der Waals surface area (Å²) in [5.41, 5.74) is 1.83. The predicted molar refractivity (Wildman–Crippen MR) is 67.1 cm³/mol. The molecule has 0 radical (unpaired) electrons. The first-order valence-corrected chi connectivity index (χ1v) is 6.19. The molecule has 18 heavy (non-hydrogen) atoms. The minimum atomic E-state index is -0.653. The highest BCUT2D eigenvalue weighted by Gasteiger charge is 2.55. The van der Waals surface area contributed by atoms with Gasteiger partial charge < -0.3 is 4.90 Å². The Kier molecular flexibility index (Phi) is 2.24. The molecule has 0 N–H and O–H groups in total. The molecule has 1 fully saturated rings. The fraction of sp³-hybridized carbons (Fsp3) is 0.429. The lowest BCUT2D eigenvalue weighted by molar-refractivity contribution is -0.132. The summed E-state index contributed by atoms with van der Waals surface area (Å²) in [6.45, 7) is 0. The van der Waals surface area contributed by atoms with Crippen LogP contribution in [0, 0.1) is 0 Å². The molecule has 2 aliphatic rings. The Morgan fingerprint density at radius 2 is 1.78 bits per heavy atom. The van der Waals surface area contributed by atoms with Gasteiger partial charge in [-0.05, 0) is 24.0 Å². The first kappa shape index (κ1) is 11.3. The quantitative estimate of drug-likeness (QED) is 0.648. The Balaban J connectivity index is 2.04. The molecule has 1 spiro atoms. The molecule has 3 amide bonds. The van der Waals surface area contributed by atoms with E-state index in [1.807, 2.05) is 12.1 Å². The number of hydrogen-bond acceptors (Lipinski definition) is 2. The van der Waals surface area contributed by atoms with Crippen molar-refractivity contribution in [2.45, 2.75) is 24.8 Å². The van der Waals surface area contributed by atoms with Gasteiger partial charge in [0.2, 0.25) is 0 Å². The summed E-state index contributed by atoms with van der Waals surface area (Å²) in [6.07, 6.45) is 2.21. The van der Waals surface area contributed by atoms with Gasteiger partial charge in [0.05, 0.1) is 0 Å². The van der Waals surface area contributed by atoms with Crippen molar-refractivity contribution in [1.29, 1.82) is 0 Å². The molecule has 3 rings (SSSR count). The van der Waals surface area contributed by atoms with Gasteiger partial charge in [-0.15, -0.1) is 0 Å². The average molecular weight is 244 g/mol. The van der Waals surface area contributed by atoms with Gasteiger partial charge in [0.25, 0.3) is 5.91 Å². The molecule has 4 heteroatoms. The van der Waals surface area contributed by atoms with E-state index in [0.29, 0.717) is 6.42 Å². The monoisotopic (exact) mass is 244 g/mol. The number of benzene rings is 1. The largest absolute Gasteiger partial charge is 0.327 e. The van der Waals surface area contributed by atoms with Crippen LogP contribution in [0.5, 0.6) is 0 Å². The summed E-state index contributed by atoms with van der Waals surface area (Å²) < 4.78 is 0. The standard InChI is InChI=1S/C14H16N2O2/c1-15-12(17)14(16(2)13(15)18)8-7-10-5-3-4-6-11(10)9-14/h3-6H,7-9H2,1-2H3. The summed E-state index contributed by atoms with van der Waals surface area (Å²) in [6, 6.07) is 7.98. The van der Waals surface area contributed by atoms with Crippen LogP contribution in [0.15, 0.2) is 24.3 Å². The second kappa shape index (κ2) is 3.57. The molecule has 1 atom stereocenters. The average Bonchev–Trinajstić information content (AvgIpc) is 2.56. The zero-order chi connectivity index (χ0) is 12.9. The van der Waals surface area contributed by atoms with Gasteiger partial charge in [0, 0.05) is 20.5 Å². The maximum Gasteiger partial charge on any atom is 0.327 e. The van der Waals surface area contributed by atoms with E-state index < -0.39 is 5.54 Å². The van der Waals surface area contributed by atoms with Crippen LogP contribution in [0.3, 0.4) is 0 Å². The molecule has 1 aliphatic carbocycles. The SMILES string of the molecule is CN1C(=O)N(C)C2(CCc3ccccc3C2)C1=O. The van der Waals surface area contributed by atoms with E-state index in [4.69, 9.17) is 0 Å². The molecule has 1 aliphatic heterocycles. The number of carbonyl (C=O) groups excluding carboxylic acids is 2. The van der Waals surface area contributed by atoms with Crippen LogP contribution >= 0.6 is 0 Å². The topological polar surface area (TPSA) is 40.6 Å². The zero-order valence-corrected chi connectivity index (χ0v) is 10.6. The smallest absolute Gasteiger partial charge is 0.312 e. The van der Waals surface area contributed by atoms with E-state index in [-0.39, 0.29) is 11.9 Å². The van der Waals surface area contributed by atoms with E-state index in [1.165, 1.54) is 16.0 Å². The number of likely N-dealkylation sites (N-methyl/N-ethyl adjacent to an activating group) is 2. The Morgan fingerprint density at radius 1 is 1.11 bits per heavy atom. The van der Waals surface area contributed by atoms with Crippen LogP contribution in [0.25, 0.3) is 0 Å². The summed E-state index contributed by atoms with van der Waals surface area (Å²) in [5.74, 6) is -0.0653. The molecule has 1 saturated heterocycles. The minimum Gasteiger partial charge on any atom is -0.312 e. The Morgan fingerprint density at radius 3 is 2.39 bits per heavy atom. The molecule has 1 aromatic carbocycles. The first-order chi connectivity index (χ1) is 8.56. The van der Waals surface area contributed by atoms with Crippen LogP contribution in [-0.4, -0.2) is 41.4 Å². The highest BCUT2D eigenvalue weighted by molar-refractivity contribution is 6.06. The van der Waals surface area contributed by atoms with E-state index in [9.17, 15) is 9.59 Å². The Labute approximate surface area is 106 Å². The van der Waals surface area contributed by atoms with Crippen molar-refractivity contribution in [3.8, 4) is 0 Å². The summed E-state index contributed by atoms with van der Waals surface area (Å²) in [4.78, 5) is 27.2. The van der Waals surface area contributed by atoms with Crippen molar-refractivity contribution >= 4 is 11.9 Å². The van der Waals surface area contributed by atoms with Crippen LogP contribution in [-0.2, 0) is 17.6 Å². The number of aryl methyl sites for hydroxylation is 1. The van der Waals surface area contributed by atoms with Gasteiger partial charge in [-0.3, -0.25) is 9.69 Å². The van der Waals surface area contributed by atoms with Crippen molar-refractivity contribution in [2.24, 2.45) is 0 Å². The summed E-state index contributed by atoms with van der Waals surface area (Å²) in [5, 5.41) is 0. The number of imide groups is 1. The summed E-state index contributed by atoms with van der Waals surface area (Å²) in [7, 11) is 3.30. The Hall–Kier alpha value is -1.84. The molecular weight excluding hydrogens is 228 g/mol. The zero-order valence-electron chi connectivity index (χ0n) is 10.6. The van der Waals surface area contributed by atoms with Crippen molar-refractivity contribution in [2.75, 3.05) is 14.1 Å². The maximum absolute atomic E-state index is 12.4. The molecular formula is C14H16N2O2. The minimum absolute atomic E-state index is 0.0653. The fourth-order valence-corrected chi connectivity index (χ4v) is 3.14. The highest BCUT2D eigenvalue weighted by atomic mass is 16.2. The molecule has 1 heterocycles. The Bertz CT molecular complexity index is 540. The van der Waals surface area contributed by atoms with Gasteiger partial charge >= 0.3 is 6.03 Å². The number of rotatable bonds is 0. The molecule has 1 unspecified atom stereocenters. The van der Waals surface area contributed by atoms with Gasteiger partial charge in [-0.25, -0.2) is 4.79 Å². The van der Waals surface area contributed by atoms with E-state index >= 15 is 0 Å². The van der Waals surface area contributed by atoms with Crippen molar-refractivity contribution in [1.82, 2.24) is 9.80 Å². The second-order valence-electron chi connectivity index (χ2n) is 5.18. The number of urea groups is 1.